The summed E-state index contributed by atoms with van der Waals surface area (Å²) in [5.74, 6) is -0.947. The van der Waals surface area contributed by atoms with Gasteiger partial charge in [0.05, 0.1) is 5.92 Å². The molecule has 0 atom stereocenters. The third-order valence-electron chi connectivity index (χ3n) is 2.18. The molecular weight excluding hydrogens is 158 g/mol. The maximum Gasteiger partial charge on any atom is 0.306 e. The summed E-state index contributed by atoms with van der Waals surface area (Å²) in [4.78, 5) is 12.2. The number of hydrogen-bond acceptors (Lipinski definition) is 2. The van der Waals surface area contributed by atoms with Gasteiger partial charge in [-0.25, -0.2) is 0 Å². The van der Waals surface area contributed by atoms with Crippen LogP contribution < -0.4 is 5.73 Å². The Bertz CT molecular complexity index is 175. The van der Waals surface area contributed by atoms with E-state index in [2.05, 4.69) is 0 Å². The number of nitrogens with zero attached hydrogens (tertiary/aromatic N) is 1. The minimum absolute atomic E-state index is 0.0406. The molecule has 0 bridgehead atoms. The molecule has 5 heteroatoms. The Morgan fingerprint density at radius 3 is 2.33 bits per heavy atom. The second-order valence-corrected chi connectivity index (χ2v) is 2.98. The average molecular weight is 171 g/mol. The van der Waals surface area contributed by atoms with E-state index in [9.17, 15) is 4.79 Å². The van der Waals surface area contributed by atoms with Crippen LogP contribution in [0.3, 0.4) is 0 Å². The van der Waals surface area contributed by atoms with Crippen LogP contribution in [-0.4, -0.2) is 35.0 Å². The Kier molecular flexibility index (Phi) is 2.52. The van der Waals surface area contributed by atoms with Gasteiger partial charge in [0.25, 0.3) is 0 Å². The first kappa shape index (κ1) is 8.83. The number of guanidine groups is 1. The molecule has 1 aliphatic rings. The fraction of sp³-hybridized carbons (Fsp3) is 0.714. The highest BCUT2D eigenvalue weighted by atomic mass is 16.4. The first-order chi connectivity index (χ1) is 5.61. The molecule has 1 saturated heterocycles. The van der Waals surface area contributed by atoms with Crippen LogP contribution >= 0.6 is 0 Å². The minimum atomic E-state index is -0.738. The molecule has 1 heterocycles. The van der Waals surface area contributed by atoms with Gasteiger partial charge >= 0.3 is 5.97 Å². The highest BCUT2D eigenvalue weighted by Crippen LogP contribution is 2.16. The molecule has 68 valence electrons. The highest BCUT2D eigenvalue weighted by molar-refractivity contribution is 5.75. The van der Waals surface area contributed by atoms with Gasteiger partial charge in [0, 0.05) is 13.1 Å². The lowest BCUT2D eigenvalue weighted by atomic mass is 9.97. The number of nitrogens with one attached hydrogen (secondary N) is 1. The zero-order valence-electron chi connectivity index (χ0n) is 6.79. The molecule has 0 aromatic heterocycles. The van der Waals surface area contributed by atoms with Crippen molar-refractivity contribution in [3.8, 4) is 0 Å². The van der Waals surface area contributed by atoms with Gasteiger partial charge in [0.15, 0.2) is 5.96 Å². The van der Waals surface area contributed by atoms with Gasteiger partial charge in [0.2, 0.25) is 0 Å². The summed E-state index contributed by atoms with van der Waals surface area (Å²) in [6.07, 6.45) is 1.18. The Morgan fingerprint density at radius 2 is 2.00 bits per heavy atom. The maximum absolute atomic E-state index is 10.5. The van der Waals surface area contributed by atoms with E-state index in [0.29, 0.717) is 25.9 Å². The summed E-state index contributed by atoms with van der Waals surface area (Å²) in [6.45, 7) is 1.18. The van der Waals surface area contributed by atoms with Gasteiger partial charge in [0.1, 0.15) is 0 Å². The van der Waals surface area contributed by atoms with Crippen LogP contribution in [-0.2, 0) is 4.79 Å². The van der Waals surface area contributed by atoms with E-state index in [1.807, 2.05) is 0 Å². The number of carboxylic acids is 1. The third kappa shape index (κ3) is 1.87. The molecule has 0 aliphatic carbocycles. The molecule has 5 nitrogen and oxygen atoms in total. The van der Waals surface area contributed by atoms with Crippen molar-refractivity contribution >= 4 is 11.9 Å². The van der Waals surface area contributed by atoms with Gasteiger partial charge in [-0.15, -0.1) is 0 Å². The molecule has 1 aliphatic heterocycles. The van der Waals surface area contributed by atoms with Gasteiger partial charge < -0.3 is 15.7 Å². The number of carboxylic acid groups (broad SMARTS) is 1. The summed E-state index contributed by atoms with van der Waals surface area (Å²) in [7, 11) is 0. The fourth-order valence-electron chi connectivity index (χ4n) is 1.37. The second kappa shape index (κ2) is 3.42. The first-order valence-corrected chi connectivity index (χ1v) is 3.93. The number of carbonyl (C=O) groups is 1. The molecule has 12 heavy (non-hydrogen) atoms. The molecule has 0 aromatic rings. The average Bonchev–Trinajstić information content (AvgIpc) is 2.04. The summed E-state index contributed by atoms with van der Waals surface area (Å²) in [5.41, 5.74) is 5.25. The van der Waals surface area contributed by atoms with E-state index < -0.39 is 5.97 Å². The molecule has 1 rings (SSSR count). The van der Waals surface area contributed by atoms with Crippen LogP contribution in [0.1, 0.15) is 12.8 Å². The lowest BCUT2D eigenvalue weighted by Crippen LogP contribution is -2.43. The molecule has 0 saturated carbocycles. The Morgan fingerprint density at radius 1 is 1.50 bits per heavy atom. The minimum Gasteiger partial charge on any atom is -0.481 e. The molecule has 4 N–H and O–H groups in total. The Labute approximate surface area is 70.7 Å². The molecule has 0 amide bonds. The van der Waals surface area contributed by atoms with Crippen molar-refractivity contribution in [1.29, 1.82) is 5.41 Å². The second-order valence-electron chi connectivity index (χ2n) is 2.98. The highest BCUT2D eigenvalue weighted by Gasteiger charge is 2.24. The lowest BCUT2D eigenvalue weighted by molar-refractivity contribution is -0.143. The number of piperidine rings is 1. The fourth-order valence-corrected chi connectivity index (χ4v) is 1.37. The van der Waals surface area contributed by atoms with Crippen LogP contribution in [0.15, 0.2) is 0 Å². The van der Waals surface area contributed by atoms with Crippen LogP contribution in [0.5, 0.6) is 0 Å². The molecular formula is C7H13N3O2. The summed E-state index contributed by atoms with van der Waals surface area (Å²) < 4.78 is 0. The normalized spacial score (nSPS) is 19.2. The SMILES string of the molecule is N=C(N)N1CCC(C(=O)O)CC1. The van der Waals surface area contributed by atoms with Crippen molar-refractivity contribution in [2.75, 3.05) is 13.1 Å². The van der Waals surface area contributed by atoms with Gasteiger partial charge in [-0.05, 0) is 12.8 Å². The Balaban J connectivity index is 2.39. The predicted molar refractivity (Wildman–Crippen MR) is 43.8 cm³/mol. The van der Waals surface area contributed by atoms with E-state index >= 15 is 0 Å². The number of nitrogens with two attached hydrogens (primary N) is 1. The number of hydrogen-bond donors (Lipinski definition) is 3. The van der Waals surface area contributed by atoms with Gasteiger partial charge in [-0.2, -0.15) is 0 Å². The third-order valence-corrected chi connectivity index (χ3v) is 2.18. The molecule has 0 aromatic carbocycles. The standard InChI is InChI=1S/C7H13N3O2/c8-7(9)10-3-1-5(2-4-10)6(11)12/h5H,1-4H2,(H3,8,9)(H,11,12). The largest absolute Gasteiger partial charge is 0.481 e. The smallest absolute Gasteiger partial charge is 0.306 e. The molecule has 1 fully saturated rings. The number of likely N-dealkylation sites (tertiary alicyclic amines) is 1. The summed E-state index contributed by atoms with van der Waals surface area (Å²) in [5, 5.41) is 15.8. The lowest BCUT2D eigenvalue weighted by Gasteiger charge is -2.29. The predicted octanol–water partition coefficient (Wildman–Crippen LogP) is -0.324. The quantitative estimate of drug-likeness (QED) is 0.372. The van der Waals surface area contributed by atoms with Crippen LogP contribution in [0.2, 0.25) is 0 Å². The van der Waals surface area contributed by atoms with Crippen molar-refractivity contribution in [2.45, 2.75) is 12.8 Å². The first-order valence-electron chi connectivity index (χ1n) is 3.93. The van der Waals surface area contributed by atoms with E-state index in [1.165, 1.54) is 0 Å². The van der Waals surface area contributed by atoms with E-state index in [-0.39, 0.29) is 11.9 Å². The van der Waals surface area contributed by atoms with Gasteiger partial charge in [-0.1, -0.05) is 0 Å². The maximum atomic E-state index is 10.5. The molecule has 0 radical (unpaired) electrons. The van der Waals surface area contributed by atoms with Crippen molar-refractivity contribution in [2.24, 2.45) is 11.7 Å². The zero-order chi connectivity index (χ0) is 9.14. The van der Waals surface area contributed by atoms with Crippen LogP contribution in [0.4, 0.5) is 0 Å². The number of rotatable bonds is 1. The molecule has 0 unspecified atom stereocenters. The van der Waals surface area contributed by atoms with Crippen molar-refractivity contribution in [3.05, 3.63) is 0 Å². The zero-order valence-corrected chi connectivity index (χ0v) is 6.79. The topological polar surface area (TPSA) is 90.4 Å². The van der Waals surface area contributed by atoms with Crippen LogP contribution in [0, 0.1) is 11.3 Å². The van der Waals surface area contributed by atoms with Crippen molar-refractivity contribution in [3.63, 3.8) is 0 Å². The van der Waals surface area contributed by atoms with E-state index in [4.69, 9.17) is 16.2 Å². The van der Waals surface area contributed by atoms with E-state index in [0.717, 1.165) is 0 Å². The summed E-state index contributed by atoms with van der Waals surface area (Å²) >= 11 is 0. The Hall–Kier alpha value is -1.26. The monoisotopic (exact) mass is 171 g/mol. The molecule has 0 spiro atoms. The van der Waals surface area contributed by atoms with Crippen molar-refractivity contribution in [1.82, 2.24) is 4.90 Å². The van der Waals surface area contributed by atoms with Crippen molar-refractivity contribution < 1.29 is 9.90 Å². The van der Waals surface area contributed by atoms with Gasteiger partial charge in [-0.3, -0.25) is 10.2 Å². The summed E-state index contributed by atoms with van der Waals surface area (Å²) in [6, 6.07) is 0. The van der Waals surface area contributed by atoms with Crippen LogP contribution in [0.25, 0.3) is 0 Å². The van der Waals surface area contributed by atoms with E-state index in [1.54, 1.807) is 4.90 Å². The number of aliphatic carboxylic acids is 1.